The number of hydrogen-bond donors (Lipinski definition) is 1. The summed E-state index contributed by atoms with van der Waals surface area (Å²) in [4.78, 5) is 4.45. The van der Waals surface area contributed by atoms with Crippen LogP contribution in [0.25, 0.3) is 0 Å². The third-order valence-electron chi connectivity index (χ3n) is 3.48. The molecular weight excluding hydrogens is 236 g/mol. The minimum atomic E-state index is -0.0729. The monoisotopic (exact) mass is 258 g/mol. The van der Waals surface area contributed by atoms with E-state index in [0.717, 1.165) is 36.3 Å². The highest BCUT2D eigenvalue weighted by atomic mass is 15.3. The quantitative estimate of drug-likeness (QED) is 0.894. The Morgan fingerprint density at radius 1 is 1.32 bits per heavy atom. The molecule has 1 atom stereocenters. The molecule has 2 aromatic rings. The van der Waals surface area contributed by atoms with Crippen molar-refractivity contribution < 1.29 is 0 Å². The Morgan fingerprint density at radius 2 is 2.11 bits per heavy atom. The van der Waals surface area contributed by atoms with Crippen LogP contribution in [-0.4, -0.2) is 14.8 Å². The molecule has 0 aliphatic rings. The molecule has 2 heterocycles. The van der Waals surface area contributed by atoms with Crippen molar-refractivity contribution in [2.24, 2.45) is 12.8 Å². The number of aryl methyl sites for hydroxylation is 3. The zero-order valence-electron chi connectivity index (χ0n) is 11.9. The third-order valence-corrected chi connectivity index (χ3v) is 3.48. The van der Waals surface area contributed by atoms with E-state index in [-0.39, 0.29) is 6.04 Å². The summed E-state index contributed by atoms with van der Waals surface area (Å²) in [5, 5.41) is 4.46. The summed E-state index contributed by atoms with van der Waals surface area (Å²) < 4.78 is 1.92. The number of nitrogens with two attached hydrogens (primary N) is 1. The summed E-state index contributed by atoms with van der Waals surface area (Å²) in [6.07, 6.45) is 4.50. The van der Waals surface area contributed by atoms with Crippen molar-refractivity contribution in [3.63, 3.8) is 0 Å². The van der Waals surface area contributed by atoms with Gasteiger partial charge in [0.25, 0.3) is 0 Å². The summed E-state index contributed by atoms with van der Waals surface area (Å²) >= 11 is 0. The maximum atomic E-state index is 6.32. The molecule has 0 saturated carbocycles. The first kappa shape index (κ1) is 13.7. The maximum Gasteiger partial charge on any atom is 0.0624 e. The Labute approximate surface area is 114 Å². The number of pyridine rings is 1. The molecule has 0 aromatic carbocycles. The Bertz CT molecular complexity index is 545. The summed E-state index contributed by atoms with van der Waals surface area (Å²) in [5.74, 6) is 0. The van der Waals surface area contributed by atoms with Crippen LogP contribution in [0.4, 0.5) is 0 Å². The van der Waals surface area contributed by atoms with Crippen molar-refractivity contribution in [1.29, 1.82) is 0 Å². The van der Waals surface area contributed by atoms with Crippen LogP contribution in [0.5, 0.6) is 0 Å². The highest BCUT2D eigenvalue weighted by molar-refractivity contribution is 5.24. The van der Waals surface area contributed by atoms with E-state index < -0.39 is 0 Å². The van der Waals surface area contributed by atoms with Gasteiger partial charge in [-0.2, -0.15) is 5.10 Å². The van der Waals surface area contributed by atoms with Gasteiger partial charge < -0.3 is 5.73 Å². The molecular formula is C15H22N4. The standard InChI is InChI=1S/C15H22N4/c1-4-11-7-6-8-17-15(11)14(16)10-13-9-12(5-2)18-19(13)3/h6-9,14H,4-5,10,16H2,1-3H3. The number of rotatable bonds is 5. The second-order valence-corrected chi connectivity index (χ2v) is 4.82. The lowest BCUT2D eigenvalue weighted by Crippen LogP contribution is -2.18. The molecule has 4 heteroatoms. The van der Waals surface area contributed by atoms with Gasteiger partial charge in [0, 0.05) is 25.4 Å². The Balaban J connectivity index is 2.20. The maximum absolute atomic E-state index is 6.32. The second kappa shape index (κ2) is 5.97. The molecule has 4 nitrogen and oxygen atoms in total. The van der Waals surface area contributed by atoms with Gasteiger partial charge in [0.15, 0.2) is 0 Å². The largest absolute Gasteiger partial charge is 0.322 e. The summed E-state index contributed by atoms with van der Waals surface area (Å²) in [6, 6.07) is 6.13. The molecule has 19 heavy (non-hydrogen) atoms. The van der Waals surface area contributed by atoms with Gasteiger partial charge in [0.05, 0.1) is 17.4 Å². The van der Waals surface area contributed by atoms with Crippen molar-refractivity contribution in [1.82, 2.24) is 14.8 Å². The van der Waals surface area contributed by atoms with Gasteiger partial charge in [-0.25, -0.2) is 0 Å². The van der Waals surface area contributed by atoms with Crippen LogP contribution in [0.15, 0.2) is 24.4 Å². The van der Waals surface area contributed by atoms with Gasteiger partial charge in [-0.3, -0.25) is 9.67 Å². The molecule has 2 rings (SSSR count). The average Bonchev–Trinajstić information content (AvgIpc) is 2.79. The fourth-order valence-electron chi connectivity index (χ4n) is 2.34. The first-order valence-corrected chi connectivity index (χ1v) is 6.86. The highest BCUT2D eigenvalue weighted by Gasteiger charge is 2.14. The van der Waals surface area contributed by atoms with Crippen molar-refractivity contribution >= 4 is 0 Å². The van der Waals surface area contributed by atoms with Gasteiger partial charge >= 0.3 is 0 Å². The van der Waals surface area contributed by atoms with Crippen molar-refractivity contribution in [2.75, 3.05) is 0 Å². The van der Waals surface area contributed by atoms with E-state index in [4.69, 9.17) is 5.73 Å². The minimum absolute atomic E-state index is 0.0729. The predicted octanol–water partition coefficient (Wildman–Crippen LogP) is 2.18. The van der Waals surface area contributed by atoms with Gasteiger partial charge in [-0.15, -0.1) is 0 Å². The van der Waals surface area contributed by atoms with Crippen LogP contribution in [0.3, 0.4) is 0 Å². The van der Waals surface area contributed by atoms with Gasteiger partial charge in [-0.1, -0.05) is 19.9 Å². The average molecular weight is 258 g/mol. The molecule has 0 bridgehead atoms. The normalized spacial score (nSPS) is 12.6. The van der Waals surface area contributed by atoms with Crippen LogP contribution in [-0.2, 0) is 26.3 Å². The number of hydrogen-bond acceptors (Lipinski definition) is 3. The molecule has 0 spiro atoms. The van der Waals surface area contributed by atoms with E-state index in [2.05, 4.69) is 36.1 Å². The van der Waals surface area contributed by atoms with Gasteiger partial charge in [0.1, 0.15) is 0 Å². The molecule has 0 fully saturated rings. The number of aromatic nitrogens is 3. The topological polar surface area (TPSA) is 56.7 Å². The minimum Gasteiger partial charge on any atom is -0.322 e. The fraction of sp³-hybridized carbons (Fsp3) is 0.467. The molecule has 0 radical (unpaired) electrons. The smallest absolute Gasteiger partial charge is 0.0624 e. The van der Waals surface area contributed by atoms with Crippen LogP contribution in [0.1, 0.15) is 42.5 Å². The van der Waals surface area contributed by atoms with E-state index in [1.54, 1.807) is 0 Å². The van der Waals surface area contributed by atoms with Gasteiger partial charge in [0.2, 0.25) is 0 Å². The molecule has 1 unspecified atom stereocenters. The van der Waals surface area contributed by atoms with E-state index in [1.165, 1.54) is 5.56 Å². The van der Waals surface area contributed by atoms with Crippen molar-refractivity contribution in [3.05, 3.63) is 47.0 Å². The third kappa shape index (κ3) is 3.01. The molecule has 2 N–H and O–H groups in total. The van der Waals surface area contributed by atoms with Gasteiger partial charge in [-0.05, 0) is 30.5 Å². The Kier molecular flexibility index (Phi) is 4.32. The predicted molar refractivity (Wildman–Crippen MR) is 76.8 cm³/mol. The lowest BCUT2D eigenvalue weighted by Gasteiger charge is -2.14. The molecule has 102 valence electrons. The van der Waals surface area contributed by atoms with Crippen molar-refractivity contribution in [3.8, 4) is 0 Å². The Hall–Kier alpha value is -1.68. The summed E-state index contributed by atoms with van der Waals surface area (Å²) in [5.41, 5.74) is 10.8. The lowest BCUT2D eigenvalue weighted by molar-refractivity contribution is 0.622. The fourth-order valence-corrected chi connectivity index (χ4v) is 2.34. The van der Waals surface area contributed by atoms with Crippen LogP contribution in [0, 0.1) is 0 Å². The summed E-state index contributed by atoms with van der Waals surface area (Å²) in [6.45, 7) is 4.24. The van der Waals surface area contributed by atoms with Crippen LogP contribution in [0.2, 0.25) is 0 Å². The molecule has 2 aromatic heterocycles. The van der Waals surface area contributed by atoms with Crippen LogP contribution >= 0.6 is 0 Å². The zero-order valence-corrected chi connectivity index (χ0v) is 11.9. The Morgan fingerprint density at radius 3 is 2.74 bits per heavy atom. The lowest BCUT2D eigenvalue weighted by atomic mass is 10.0. The van der Waals surface area contributed by atoms with E-state index in [1.807, 2.05) is 24.0 Å². The van der Waals surface area contributed by atoms with E-state index in [9.17, 15) is 0 Å². The van der Waals surface area contributed by atoms with E-state index >= 15 is 0 Å². The zero-order chi connectivity index (χ0) is 13.8. The molecule has 0 aliphatic heterocycles. The SMILES string of the molecule is CCc1cc(CC(N)c2ncccc2CC)n(C)n1. The molecule has 0 aliphatic carbocycles. The second-order valence-electron chi connectivity index (χ2n) is 4.82. The first-order chi connectivity index (χ1) is 9.15. The first-order valence-electron chi connectivity index (χ1n) is 6.86. The highest BCUT2D eigenvalue weighted by Crippen LogP contribution is 2.18. The number of nitrogens with zero attached hydrogens (tertiary/aromatic N) is 3. The van der Waals surface area contributed by atoms with E-state index in [0.29, 0.717) is 0 Å². The van der Waals surface area contributed by atoms with Crippen molar-refractivity contribution in [2.45, 2.75) is 39.2 Å². The van der Waals surface area contributed by atoms with Crippen LogP contribution < -0.4 is 5.73 Å². The molecule has 0 saturated heterocycles. The summed E-state index contributed by atoms with van der Waals surface area (Å²) in [7, 11) is 1.97. The molecule has 0 amide bonds.